The molecule has 0 radical (unpaired) electrons. The summed E-state index contributed by atoms with van der Waals surface area (Å²) in [4.78, 5) is 39.2. The molecule has 3 aromatic rings. The Labute approximate surface area is 231 Å². The van der Waals surface area contributed by atoms with Crippen molar-refractivity contribution in [3.63, 3.8) is 0 Å². The average Bonchev–Trinajstić information content (AvgIpc) is 3.17. The molecule has 0 unspecified atom stereocenters. The number of hydrogen-bond acceptors (Lipinski definition) is 6. The molecule has 1 aliphatic rings. The van der Waals surface area contributed by atoms with Crippen molar-refractivity contribution in [3.05, 3.63) is 94.1 Å². The van der Waals surface area contributed by atoms with Gasteiger partial charge in [0.05, 0.1) is 18.1 Å². The number of anilines is 1. The summed E-state index contributed by atoms with van der Waals surface area (Å²) in [6.45, 7) is 5.92. The lowest BCUT2D eigenvalue weighted by molar-refractivity contribution is -0.123. The number of amides is 3. The standard InChI is InChI=1S/C30H29FN2O5S/c1-4-37-26-15-20(16-27-29(35)33(30(36)39-27)17-21-9-5-7-11-23(21)31)13-14-25(26)38-18-28(34)32-24-12-8-6-10-22(24)19(2)3/h5-16,19H,4,17-18H2,1-3H3,(H,32,34)/b27-16-. The van der Waals surface area contributed by atoms with Gasteiger partial charge in [-0.2, -0.15) is 0 Å². The minimum absolute atomic E-state index is 0.143. The normalized spacial score (nSPS) is 14.3. The van der Waals surface area contributed by atoms with Crippen molar-refractivity contribution in [2.24, 2.45) is 0 Å². The third kappa shape index (κ3) is 6.86. The number of benzene rings is 3. The van der Waals surface area contributed by atoms with E-state index in [1.165, 1.54) is 6.07 Å². The van der Waals surface area contributed by atoms with Crippen LogP contribution in [0.25, 0.3) is 6.08 Å². The van der Waals surface area contributed by atoms with Gasteiger partial charge in [-0.1, -0.05) is 56.3 Å². The Hall–Kier alpha value is -4.11. The van der Waals surface area contributed by atoms with Gasteiger partial charge in [-0.15, -0.1) is 0 Å². The molecule has 9 heteroatoms. The first-order valence-electron chi connectivity index (χ1n) is 12.5. The Morgan fingerprint density at radius 2 is 1.77 bits per heavy atom. The maximum Gasteiger partial charge on any atom is 0.293 e. The van der Waals surface area contributed by atoms with E-state index in [-0.39, 0.29) is 35.4 Å². The zero-order valence-corrected chi connectivity index (χ0v) is 22.7. The van der Waals surface area contributed by atoms with Crippen LogP contribution in [0.3, 0.4) is 0 Å². The van der Waals surface area contributed by atoms with Gasteiger partial charge < -0.3 is 14.8 Å². The van der Waals surface area contributed by atoms with Crippen molar-refractivity contribution in [2.45, 2.75) is 33.2 Å². The predicted molar refractivity (Wildman–Crippen MR) is 150 cm³/mol. The molecular weight excluding hydrogens is 519 g/mol. The Kier molecular flexibility index (Phi) is 9.03. The van der Waals surface area contributed by atoms with E-state index in [9.17, 15) is 18.8 Å². The number of hydrogen-bond donors (Lipinski definition) is 1. The van der Waals surface area contributed by atoms with E-state index in [1.807, 2.05) is 31.2 Å². The number of para-hydroxylation sites is 1. The predicted octanol–water partition coefficient (Wildman–Crippen LogP) is 6.60. The van der Waals surface area contributed by atoms with Crippen molar-refractivity contribution in [1.29, 1.82) is 0 Å². The summed E-state index contributed by atoms with van der Waals surface area (Å²) in [6, 6.07) is 18.7. The van der Waals surface area contributed by atoms with Gasteiger partial charge in [-0.05, 0) is 66.1 Å². The molecule has 1 heterocycles. The van der Waals surface area contributed by atoms with E-state index in [0.29, 0.717) is 23.7 Å². The second-order valence-electron chi connectivity index (χ2n) is 9.08. The highest BCUT2D eigenvalue weighted by molar-refractivity contribution is 8.18. The maximum absolute atomic E-state index is 14.0. The van der Waals surface area contributed by atoms with Gasteiger partial charge in [0, 0.05) is 11.3 Å². The van der Waals surface area contributed by atoms with Crippen molar-refractivity contribution in [1.82, 2.24) is 4.90 Å². The second-order valence-corrected chi connectivity index (χ2v) is 10.1. The van der Waals surface area contributed by atoms with Crippen LogP contribution in [0.15, 0.2) is 71.6 Å². The SMILES string of the molecule is CCOc1cc(/C=C2\SC(=O)N(Cc3ccccc3F)C2=O)ccc1OCC(=O)Nc1ccccc1C(C)C. The summed E-state index contributed by atoms with van der Waals surface area (Å²) in [7, 11) is 0. The van der Waals surface area contributed by atoms with Crippen molar-refractivity contribution in [2.75, 3.05) is 18.5 Å². The molecule has 0 aliphatic carbocycles. The number of thioether (sulfide) groups is 1. The van der Waals surface area contributed by atoms with Gasteiger partial charge in [0.1, 0.15) is 5.82 Å². The van der Waals surface area contributed by atoms with Crippen LogP contribution >= 0.6 is 11.8 Å². The number of rotatable bonds is 10. The molecule has 1 fully saturated rings. The Morgan fingerprint density at radius 3 is 2.51 bits per heavy atom. The topological polar surface area (TPSA) is 84.9 Å². The molecule has 3 amide bonds. The van der Waals surface area contributed by atoms with Gasteiger partial charge in [0.25, 0.3) is 17.1 Å². The van der Waals surface area contributed by atoms with E-state index >= 15 is 0 Å². The molecule has 1 N–H and O–H groups in total. The third-order valence-electron chi connectivity index (χ3n) is 5.94. The van der Waals surface area contributed by atoms with Crippen LogP contribution in [0.4, 0.5) is 14.9 Å². The number of halogens is 1. The smallest absolute Gasteiger partial charge is 0.293 e. The molecule has 202 valence electrons. The molecule has 3 aromatic carbocycles. The maximum atomic E-state index is 14.0. The summed E-state index contributed by atoms with van der Waals surface area (Å²) >= 11 is 0.794. The fourth-order valence-corrected chi connectivity index (χ4v) is 4.87. The minimum atomic E-state index is -0.495. The summed E-state index contributed by atoms with van der Waals surface area (Å²) in [5, 5.41) is 2.42. The van der Waals surface area contributed by atoms with Gasteiger partial charge in [-0.3, -0.25) is 19.3 Å². The fourth-order valence-electron chi connectivity index (χ4n) is 4.03. The first kappa shape index (κ1) is 27.9. The van der Waals surface area contributed by atoms with E-state index < -0.39 is 17.0 Å². The largest absolute Gasteiger partial charge is 0.490 e. The molecule has 7 nitrogen and oxygen atoms in total. The molecule has 0 aromatic heterocycles. The molecule has 0 saturated carbocycles. The summed E-state index contributed by atoms with van der Waals surface area (Å²) in [5.41, 5.74) is 2.64. The molecule has 0 atom stereocenters. The third-order valence-corrected chi connectivity index (χ3v) is 6.85. The number of nitrogens with zero attached hydrogens (tertiary/aromatic N) is 1. The molecule has 0 spiro atoms. The molecular formula is C30H29FN2O5S. The fraction of sp³-hybridized carbons (Fsp3) is 0.233. The lowest BCUT2D eigenvalue weighted by Crippen LogP contribution is -2.27. The summed E-state index contributed by atoms with van der Waals surface area (Å²) in [5.74, 6) is -0.264. The highest BCUT2D eigenvalue weighted by atomic mass is 32.2. The number of nitrogens with one attached hydrogen (secondary N) is 1. The molecule has 0 bridgehead atoms. The Balaban J connectivity index is 1.45. The first-order valence-corrected chi connectivity index (χ1v) is 13.4. The number of ether oxygens (including phenoxy) is 2. The van der Waals surface area contributed by atoms with Crippen LogP contribution in [0.5, 0.6) is 11.5 Å². The van der Waals surface area contributed by atoms with Crippen LogP contribution in [0.1, 0.15) is 43.4 Å². The second kappa shape index (κ2) is 12.6. The van der Waals surface area contributed by atoms with E-state index in [2.05, 4.69) is 19.2 Å². The minimum Gasteiger partial charge on any atom is -0.490 e. The number of imide groups is 1. The molecule has 1 saturated heterocycles. The zero-order valence-electron chi connectivity index (χ0n) is 21.9. The van der Waals surface area contributed by atoms with Gasteiger partial charge >= 0.3 is 0 Å². The van der Waals surface area contributed by atoms with Crippen molar-refractivity contribution < 1.29 is 28.2 Å². The van der Waals surface area contributed by atoms with Gasteiger partial charge in [-0.25, -0.2) is 4.39 Å². The number of carbonyl (C=O) groups is 3. The van der Waals surface area contributed by atoms with Crippen LogP contribution in [-0.4, -0.2) is 35.2 Å². The Morgan fingerprint density at radius 1 is 1.03 bits per heavy atom. The van der Waals surface area contributed by atoms with E-state index in [1.54, 1.807) is 42.5 Å². The molecule has 1 aliphatic heterocycles. The lowest BCUT2D eigenvalue weighted by atomic mass is 10.0. The summed E-state index contributed by atoms with van der Waals surface area (Å²) < 4.78 is 25.5. The Bertz CT molecular complexity index is 1420. The summed E-state index contributed by atoms with van der Waals surface area (Å²) in [6.07, 6.45) is 1.58. The van der Waals surface area contributed by atoms with Crippen molar-refractivity contribution in [3.8, 4) is 11.5 Å². The quantitative estimate of drug-likeness (QED) is 0.287. The highest BCUT2D eigenvalue weighted by Gasteiger charge is 2.35. The van der Waals surface area contributed by atoms with Gasteiger partial charge in [0.15, 0.2) is 18.1 Å². The van der Waals surface area contributed by atoms with Gasteiger partial charge in [0.2, 0.25) is 0 Å². The zero-order chi connectivity index (χ0) is 27.9. The van der Waals surface area contributed by atoms with Crippen LogP contribution in [0.2, 0.25) is 0 Å². The van der Waals surface area contributed by atoms with Crippen LogP contribution in [-0.2, 0) is 16.1 Å². The van der Waals surface area contributed by atoms with E-state index in [0.717, 1.165) is 27.9 Å². The van der Waals surface area contributed by atoms with Crippen LogP contribution in [0, 0.1) is 5.82 Å². The number of carbonyl (C=O) groups excluding carboxylic acids is 3. The lowest BCUT2D eigenvalue weighted by Gasteiger charge is -2.15. The monoisotopic (exact) mass is 548 g/mol. The molecule has 39 heavy (non-hydrogen) atoms. The van der Waals surface area contributed by atoms with Crippen LogP contribution < -0.4 is 14.8 Å². The average molecular weight is 549 g/mol. The van der Waals surface area contributed by atoms with E-state index in [4.69, 9.17) is 9.47 Å². The highest BCUT2D eigenvalue weighted by Crippen LogP contribution is 2.35. The van der Waals surface area contributed by atoms with Crippen molar-refractivity contribution >= 4 is 40.6 Å². The molecule has 4 rings (SSSR count). The first-order chi connectivity index (χ1) is 18.8.